The highest BCUT2D eigenvalue weighted by Crippen LogP contribution is 1.99. The van der Waals surface area contributed by atoms with Gasteiger partial charge >= 0.3 is 0 Å². The molecular weight excluding hydrogens is 206 g/mol. The van der Waals surface area contributed by atoms with Crippen molar-refractivity contribution in [3.05, 3.63) is 18.0 Å². The molecule has 1 heterocycles. The van der Waals surface area contributed by atoms with Gasteiger partial charge in [0.15, 0.2) is 0 Å². The van der Waals surface area contributed by atoms with Gasteiger partial charge in [-0.2, -0.15) is 0 Å². The Hall–Kier alpha value is -0.870. The molecule has 0 atom stereocenters. The summed E-state index contributed by atoms with van der Waals surface area (Å²) in [5.74, 6) is 0. The van der Waals surface area contributed by atoms with E-state index in [1.165, 1.54) is 12.7 Å². The minimum absolute atomic E-state index is 0.267. The molecule has 94 valence electrons. The van der Waals surface area contributed by atoms with Crippen LogP contribution in [0.4, 0.5) is 0 Å². The summed E-state index contributed by atoms with van der Waals surface area (Å²) in [7, 11) is 0. The fourth-order valence-electron chi connectivity index (χ4n) is 0.981. The van der Waals surface area contributed by atoms with Crippen LogP contribution in [0.15, 0.2) is 16.9 Å². The van der Waals surface area contributed by atoms with Gasteiger partial charge in [0.05, 0.1) is 6.61 Å². The maximum absolute atomic E-state index is 8.51. The third-order valence-corrected chi connectivity index (χ3v) is 1.69. The van der Waals surface area contributed by atoms with Gasteiger partial charge in [-0.25, -0.2) is 0 Å². The Labute approximate surface area is 97.6 Å². The van der Waals surface area contributed by atoms with E-state index in [9.17, 15) is 0 Å². The summed E-state index contributed by atoms with van der Waals surface area (Å²) in [5.41, 5.74) is 0.821. The summed E-state index contributed by atoms with van der Waals surface area (Å²) in [6.07, 6.45) is 5.63. The van der Waals surface area contributed by atoms with Gasteiger partial charge < -0.3 is 14.4 Å². The molecule has 1 aromatic heterocycles. The van der Waals surface area contributed by atoms with Crippen molar-refractivity contribution >= 4 is 0 Å². The zero-order valence-electron chi connectivity index (χ0n) is 10.3. The monoisotopic (exact) mass is 229 g/mol. The van der Waals surface area contributed by atoms with Gasteiger partial charge in [-0.05, 0) is 19.3 Å². The van der Waals surface area contributed by atoms with Crippen LogP contribution in [0, 0.1) is 0 Å². The third kappa shape index (κ3) is 9.68. The van der Waals surface area contributed by atoms with Crippen LogP contribution in [0.3, 0.4) is 0 Å². The first-order valence-corrected chi connectivity index (χ1v) is 5.93. The lowest BCUT2D eigenvalue weighted by atomic mass is 10.2. The van der Waals surface area contributed by atoms with Gasteiger partial charge in [-0.3, -0.25) is 0 Å². The van der Waals surface area contributed by atoms with Crippen LogP contribution in [-0.2, 0) is 11.3 Å². The SMILES string of the molecule is CCC.OCCCCCOCc1ccon1. The van der Waals surface area contributed by atoms with E-state index < -0.39 is 0 Å². The van der Waals surface area contributed by atoms with Gasteiger partial charge in [0, 0.05) is 19.3 Å². The number of ether oxygens (including phenoxy) is 1. The normalized spacial score (nSPS) is 9.69. The van der Waals surface area contributed by atoms with Gasteiger partial charge in [0.1, 0.15) is 12.0 Å². The summed E-state index contributed by atoms with van der Waals surface area (Å²) >= 11 is 0. The van der Waals surface area contributed by atoms with Gasteiger partial charge in [0.25, 0.3) is 0 Å². The second-order valence-electron chi connectivity index (χ2n) is 3.53. The maximum Gasteiger partial charge on any atom is 0.124 e. The van der Waals surface area contributed by atoms with Crippen molar-refractivity contribution < 1.29 is 14.4 Å². The number of aliphatic hydroxyl groups is 1. The van der Waals surface area contributed by atoms with E-state index in [1.54, 1.807) is 6.07 Å². The lowest BCUT2D eigenvalue weighted by Gasteiger charge is -2.00. The molecule has 0 aliphatic rings. The Morgan fingerprint density at radius 1 is 1.31 bits per heavy atom. The Bertz CT molecular complexity index is 212. The fraction of sp³-hybridized carbons (Fsp3) is 0.750. The quantitative estimate of drug-likeness (QED) is 0.730. The molecule has 0 radical (unpaired) electrons. The number of aliphatic hydroxyl groups excluding tert-OH is 1. The van der Waals surface area contributed by atoms with Crippen molar-refractivity contribution in [3.8, 4) is 0 Å². The first kappa shape index (κ1) is 15.1. The second-order valence-corrected chi connectivity index (χ2v) is 3.53. The minimum Gasteiger partial charge on any atom is -0.396 e. The van der Waals surface area contributed by atoms with E-state index in [4.69, 9.17) is 9.84 Å². The highest BCUT2D eigenvalue weighted by atomic mass is 16.5. The van der Waals surface area contributed by atoms with Gasteiger partial charge in [-0.15, -0.1) is 0 Å². The molecule has 0 saturated heterocycles. The molecule has 0 unspecified atom stereocenters. The van der Waals surface area contributed by atoms with E-state index in [1.807, 2.05) is 0 Å². The van der Waals surface area contributed by atoms with Crippen LogP contribution < -0.4 is 0 Å². The molecule has 1 aromatic rings. The predicted molar refractivity (Wildman–Crippen MR) is 63.1 cm³/mol. The zero-order chi connectivity index (χ0) is 12.1. The summed E-state index contributed by atoms with van der Waals surface area (Å²) in [6.45, 7) is 5.74. The topological polar surface area (TPSA) is 55.5 Å². The second kappa shape index (κ2) is 12.2. The number of nitrogens with zero attached hydrogens (tertiary/aromatic N) is 1. The minimum atomic E-state index is 0.267. The Balaban J connectivity index is 0.000000673. The van der Waals surface area contributed by atoms with Gasteiger partial charge in [0.2, 0.25) is 0 Å². The van der Waals surface area contributed by atoms with E-state index >= 15 is 0 Å². The lowest BCUT2D eigenvalue weighted by molar-refractivity contribution is 0.110. The molecule has 0 bridgehead atoms. The number of unbranched alkanes of at least 4 members (excludes halogenated alkanes) is 2. The average Bonchev–Trinajstić information content (AvgIpc) is 2.77. The summed E-state index contributed by atoms with van der Waals surface area (Å²) in [4.78, 5) is 0. The summed E-state index contributed by atoms with van der Waals surface area (Å²) in [5, 5.41) is 12.2. The van der Waals surface area contributed by atoms with Crippen LogP contribution >= 0.6 is 0 Å². The van der Waals surface area contributed by atoms with Crippen molar-refractivity contribution in [1.82, 2.24) is 5.16 Å². The van der Waals surface area contributed by atoms with Crippen molar-refractivity contribution in [3.63, 3.8) is 0 Å². The third-order valence-electron chi connectivity index (χ3n) is 1.69. The largest absolute Gasteiger partial charge is 0.396 e. The number of rotatable bonds is 7. The van der Waals surface area contributed by atoms with E-state index in [0.29, 0.717) is 13.2 Å². The number of aromatic nitrogens is 1. The molecule has 0 aromatic carbocycles. The highest BCUT2D eigenvalue weighted by Gasteiger charge is 1.95. The number of hydrogen-bond acceptors (Lipinski definition) is 4. The van der Waals surface area contributed by atoms with Crippen LogP contribution in [0.5, 0.6) is 0 Å². The Morgan fingerprint density at radius 2 is 2.06 bits per heavy atom. The molecule has 0 amide bonds. The maximum atomic E-state index is 8.51. The van der Waals surface area contributed by atoms with Crippen LogP contribution in [0.1, 0.15) is 45.2 Å². The molecule has 4 heteroatoms. The van der Waals surface area contributed by atoms with Crippen molar-refractivity contribution in [2.24, 2.45) is 0 Å². The molecule has 16 heavy (non-hydrogen) atoms. The molecule has 1 N–H and O–H groups in total. The zero-order valence-corrected chi connectivity index (χ0v) is 10.3. The molecule has 0 fully saturated rings. The number of hydrogen-bond donors (Lipinski definition) is 1. The highest BCUT2D eigenvalue weighted by molar-refractivity contribution is 4.92. The average molecular weight is 229 g/mol. The van der Waals surface area contributed by atoms with E-state index in [2.05, 4.69) is 23.5 Å². The Morgan fingerprint density at radius 3 is 2.62 bits per heavy atom. The molecule has 0 aliphatic heterocycles. The molecule has 0 spiro atoms. The van der Waals surface area contributed by atoms with E-state index in [-0.39, 0.29) is 6.61 Å². The molecule has 0 aliphatic carbocycles. The van der Waals surface area contributed by atoms with Gasteiger partial charge in [-0.1, -0.05) is 25.4 Å². The first-order chi connectivity index (χ1) is 7.85. The summed E-state index contributed by atoms with van der Waals surface area (Å²) in [6, 6.07) is 1.79. The molecule has 4 nitrogen and oxygen atoms in total. The summed E-state index contributed by atoms with van der Waals surface area (Å²) < 4.78 is 9.97. The standard InChI is InChI=1S/C9H15NO3.C3H8/c11-5-2-1-3-6-12-8-9-4-7-13-10-9;1-3-2/h4,7,11H,1-3,5-6,8H2;3H2,1-2H3. The van der Waals surface area contributed by atoms with E-state index in [0.717, 1.165) is 25.0 Å². The van der Waals surface area contributed by atoms with Crippen molar-refractivity contribution in [2.45, 2.75) is 46.1 Å². The Kier molecular flexibility index (Phi) is 11.5. The fourth-order valence-corrected chi connectivity index (χ4v) is 0.981. The predicted octanol–water partition coefficient (Wildman–Crippen LogP) is 2.77. The van der Waals surface area contributed by atoms with Crippen LogP contribution in [0.25, 0.3) is 0 Å². The smallest absolute Gasteiger partial charge is 0.124 e. The molecule has 1 rings (SSSR count). The van der Waals surface area contributed by atoms with Crippen molar-refractivity contribution in [2.75, 3.05) is 13.2 Å². The van der Waals surface area contributed by atoms with Crippen LogP contribution in [0.2, 0.25) is 0 Å². The lowest BCUT2D eigenvalue weighted by Crippen LogP contribution is -1.96. The van der Waals surface area contributed by atoms with Crippen molar-refractivity contribution in [1.29, 1.82) is 0 Å². The van der Waals surface area contributed by atoms with Crippen LogP contribution in [-0.4, -0.2) is 23.5 Å². The first-order valence-electron chi connectivity index (χ1n) is 5.93. The molecular formula is C12H23NO3. The molecule has 0 saturated carbocycles.